The number of nitrogens with one attached hydrogen (secondary N) is 2. The van der Waals surface area contributed by atoms with Crippen LogP contribution in [0.2, 0.25) is 10.0 Å². The van der Waals surface area contributed by atoms with Gasteiger partial charge in [-0.1, -0.05) is 23.2 Å². The fourth-order valence-electron chi connectivity index (χ4n) is 2.68. The molecular formula is C18H15Cl2N5O2. The molecule has 2 aromatic heterocycles. The Balaban J connectivity index is 2.00. The van der Waals surface area contributed by atoms with Crippen LogP contribution >= 0.6 is 23.2 Å². The summed E-state index contributed by atoms with van der Waals surface area (Å²) in [4.78, 5) is 28.9. The minimum Gasteiger partial charge on any atom is -0.320 e. The summed E-state index contributed by atoms with van der Waals surface area (Å²) in [5.41, 5.74) is 4.09. The Morgan fingerprint density at radius 3 is 2.67 bits per heavy atom. The SMILES string of the molecule is Cc1cc(Cl)cc(C(=O)NN)c1NC(=O)c1cccn1-c1ccncc1Cl. The molecule has 0 aliphatic carbocycles. The van der Waals surface area contributed by atoms with Gasteiger partial charge in [0.25, 0.3) is 11.8 Å². The molecule has 0 atom stereocenters. The third-order valence-electron chi connectivity index (χ3n) is 3.91. The van der Waals surface area contributed by atoms with Gasteiger partial charge in [0.05, 0.1) is 22.0 Å². The summed E-state index contributed by atoms with van der Waals surface area (Å²) in [6, 6.07) is 8.13. The van der Waals surface area contributed by atoms with Gasteiger partial charge in [0.15, 0.2) is 0 Å². The monoisotopic (exact) mass is 403 g/mol. The number of nitrogens with two attached hydrogens (primary N) is 1. The first-order chi connectivity index (χ1) is 12.9. The van der Waals surface area contributed by atoms with Gasteiger partial charge in [-0.15, -0.1) is 0 Å². The van der Waals surface area contributed by atoms with E-state index in [2.05, 4.69) is 15.7 Å². The second-order valence-electron chi connectivity index (χ2n) is 5.66. The highest BCUT2D eigenvalue weighted by atomic mass is 35.5. The molecule has 3 aromatic rings. The normalized spacial score (nSPS) is 10.5. The lowest BCUT2D eigenvalue weighted by Gasteiger charge is -2.15. The van der Waals surface area contributed by atoms with Crippen LogP contribution in [0.1, 0.15) is 26.4 Å². The number of aryl methyl sites for hydroxylation is 1. The Bertz CT molecular complexity index is 1030. The van der Waals surface area contributed by atoms with Gasteiger partial charge >= 0.3 is 0 Å². The predicted molar refractivity (Wildman–Crippen MR) is 104 cm³/mol. The summed E-state index contributed by atoms with van der Waals surface area (Å²) in [6.07, 6.45) is 4.78. The van der Waals surface area contributed by atoms with Crippen molar-refractivity contribution >= 4 is 40.7 Å². The van der Waals surface area contributed by atoms with E-state index in [1.54, 1.807) is 48.1 Å². The molecular weight excluding hydrogens is 389 g/mol. The van der Waals surface area contributed by atoms with Crippen LogP contribution in [0.5, 0.6) is 0 Å². The average Bonchev–Trinajstić information content (AvgIpc) is 3.13. The Morgan fingerprint density at radius 2 is 1.96 bits per heavy atom. The number of nitrogens with zero attached hydrogens (tertiary/aromatic N) is 2. The highest BCUT2D eigenvalue weighted by molar-refractivity contribution is 6.32. The van der Waals surface area contributed by atoms with Gasteiger partial charge in [0.1, 0.15) is 5.69 Å². The number of nitrogen functional groups attached to an aromatic ring is 1. The first-order valence-electron chi connectivity index (χ1n) is 7.82. The van der Waals surface area contributed by atoms with E-state index in [1.165, 1.54) is 12.3 Å². The number of carbonyl (C=O) groups is 2. The molecule has 27 heavy (non-hydrogen) atoms. The molecule has 0 spiro atoms. The molecule has 1 aromatic carbocycles. The number of pyridine rings is 1. The topological polar surface area (TPSA) is 102 Å². The van der Waals surface area contributed by atoms with Crippen LogP contribution in [0.4, 0.5) is 5.69 Å². The fourth-order valence-corrected chi connectivity index (χ4v) is 3.17. The van der Waals surface area contributed by atoms with Crippen LogP contribution in [0.25, 0.3) is 5.69 Å². The van der Waals surface area contributed by atoms with Gasteiger partial charge in [0, 0.05) is 23.6 Å². The molecule has 138 valence electrons. The molecule has 0 saturated carbocycles. The fraction of sp³-hybridized carbons (Fsp3) is 0.0556. The number of hydrogen-bond donors (Lipinski definition) is 3. The van der Waals surface area contributed by atoms with Gasteiger partial charge in [-0.25, -0.2) is 5.84 Å². The maximum atomic E-state index is 12.9. The summed E-state index contributed by atoms with van der Waals surface area (Å²) in [5, 5.41) is 3.51. The summed E-state index contributed by atoms with van der Waals surface area (Å²) < 4.78 is 1.63. The Labute approximate surface area is 165 Å². The van der Waals surface area contributed by atoms with Crippen molar-refractivity contribution in [2.45, 2.75) is 6.92 Å². The zero-order valence-corrected chi connectivity index (χ0v) is 15.7. The molecule has 4 N–H and O–H groups in total. The highest BCUT2D eigenvalue weighted by Gasteiger charge is 2.19. The van der Waals surface area contributed by atoms with Gasteiger partial charge < -0.3 is 9.88 Å². The molecule has 2 heterocycles. The molecule has 2 amide bonds. The van der Waals surface area contributed by atoms with Crippen LogP contribution in [-0.4, -0.2) is 21.4 Å². The number of anilines is 1. The van der Waals surface area contributed by atoms with Crippen molar-refractivity contribution in [3.05, 3.63) is 75.8 Å². The molecule has 0 aliphatic heterocycles. The second-order valence-corrected chi connectivity index (χ2v) is 6.51. The molecule has 0 bridgehead atoms. The quantitative estimate of drug-likeness (QED) is 0.353. The number of aromatic nitrogens is 2. The minimum atomic E-state index is -0.566. The molecule has 0 unspecified atom stereocenters. The second kappa shape index (κ2) is 7.79. The standard InChI is InChI=1S/C18H15Cl2N5O2/c1-10-7-11(19)8-12(17(26)24-21)16(10)23-18(27)15-3-2-6-25(15)14-4-5-22-9-13(14)20/h2-9H,21H2,1H3,(H,23,27)(H,24,26). The van der Waals surface area contributed by atoms with E-state index >= 15 is 0 Å². The lowest BCUT2D eigenvalue weighted by atomic mass is 10.1. The lowest BCUT2D eigenvalue weighted by molar-refractivity contribution is 0.0954. The average molecular weight is 404 g/mol. The maximum Gasteiger partial charge on any atom is 0.272 e. The predicted octanol–water partition coefficient (Wildman–Crippen LogP) is 3.34. The molecule has 0 radical (unpaired) electrons. The number of rotatable bonds is 4. The van der Waals surface area contributed by atoms with Gasteiger partial charge in [-0.05, 0) is 42.8 Å². The highest BCUT2D eigenvalue weighted by Crippen LogP contribution is 2.27. The van der Waals surface area contributed by atoms with E-state index in [1.807, 2.05) is 0 Å². The largest absolute Gasteiger partial charge is 0.320 e. The van der Waals surface area contributed by atoms with E-state index in [-0.39, 0.29) is 5.56 Å². The van der Waals surface area contributed by atoms with Crippen LogP contribution in [0.15, 0.2) is 48.9 Å². The molecule has 0 saturated heterocycles. The van der Waals surface area contributed by atoms with Crippen LogP contribution < -0.4 is 16.6 Å². The number of amides is 2. The van der Waals surface area contributed by atoms with Crippen molar-refractivity contribution in [2.24, 2.45) is 5.84 Å². The van der Waals surface area contributed by atoms with Crippen molar-refractivity contribution in [3.63, 3.8) is 0 Å². The first kappa shape index (κ1) is 18.9. The van der Waals surface area contributed by atoms with E-state index < -0.39 is 11.8 Å². The van der Waals surface area contributed by atoms with Crippen LogP contribution in [0.3, 0.4) is 0 Å². The van der Waals surface area contributed by atoms with Gasteiger partial charge in [0.2, 0.25) is 0 Å². The summed E-state index contributed by atoms with van der Waals surface area (Å²) in [6.45, 7) is 1.73. The number of carbonyl (C=O) groups excluding carboxylic acids is 2. The van der Waals surface area contributed by atoms with Crippen molar-refractivity contribution in [3.8, 4) is 5.69 Å². The molecule has 0 aliphatic rings. The molecule has 7 nitrogen and oxygen atoms in total. The minimum absolute atomic E-state index is 0.163. The molecule has 9 heteroatoms. The van der Waals surface area contributed by atoms with Crippen molar-refractivity contribution in [1.29, 1.82) is 0 Å². The molecule has 3 rings (SSSR count). The lowest BCUT2D eigenvalue weighted by Crippen LogP contribution is -2.31. The van der Waals surface area contributed by atoms with E-state index in [0.717, 1.165) is 0 Å². The van der Waals surface area contributed by atoms with Crippen LogP contribution in [0, 0.1) is 6.92 Å². The van der Waals surface area contributed by atoms with Crippen molar-refractivity contribution in [1.82, 2.24) is 15.0 Å². The van der Waals surface area contributed by atoms with E-state index in [4.69, 9.17) is 29.0 Å². The Hall–Kier alpha value is -2.87. The summed E-state index contributed by atoms with van der Waals surface area (Å²) in [5.74, 6) is 4.24. The number of hydrazine groups is 1. The van der Waals surface area contributed by atoms with Crippen molar-refractivity contribution < 1.29 is 9.59 Å². The Morgan fingerprint density at radius 1 is 1.19 bits per heavy atom. The third-order valence-corrected chi connectivity index (χ3v) is 4.42. The van der Waals surface area contributed by atoms with E-state index in [0.29, 0.717) is 32.7 Å². The number of halogens is 2. The molecule has 0 fully saturated rings. The summed E-state index contributed by atoms with van der Waals surface area (Å²) >= 11 is 12.2. The first-order valence-corrected chi connectivity index (χ1v) is 8.57. The van der Waals surface area contributed by atoms with E-state index in [9.17, 15) is 9.59 Å². The third kappa shape index (κ3) is 3.80. The van der Waals surface area contributed by atoms with Gasteiger partial charge in [-0.3, -0.25) is 20.0 Å². The summed E-state index contributed by atoms with van der Waals surface area (Å²) in [7, 11) is 0. The number of hydrogen-bond acceptors (Lipinski definition) is 4. The Kier molecular flexibility index (Phi) is 5.46. The zero-order chi connectivity index (χ0) is 19.6. The van der Waals surface area contributed by atoms with Crippen LogP contribution in [-0.2, 0) is 0 Å². The number of benzene rings is 1. The van der Waals surface area contributed by atoms with Gasteiger partial charge in [-0.2, -0.15) is 0 Å². The maximum absolute atomic E-state index is 12.9. The smallest absolute Gasteiger partial charge is 0.272 e. The van der Waals surface area contributed by atoms with Crippen molar-refractivity contribution in [2.75, 3.05) is 5.32 Å². The zero-order valence-electron chi connectivity index (χ0n) is 14.2.